The molecule has 0 saturated heterocycles. The number of ether oxygens (including phenoxy) is 1. The average Bonchev–Trinajstić information content (AvgIpc) is 2.29. The number of methoxy groups -OCH3 is 1. The highest BCUT2D eigenvalue weighted by atomic mass is 35.5. The van der Waals surface area contributed by atoms with E-state index >= 15 is 0 Å². The van der Waals surface area contributed by atoms with Crippen LogP contribution in [0.5, 0.6) is 5.88 Å². The van der Waals surface area contributed by atoms with Gasteiger partial charge in [0.15, 0.2) is 0 Å². The molecule has 0 unspecified atom stereocenters. The minimum atomic E-state index is 0.356. The molecule has 1 heterocycles. The van der Waals surface area contributed by atoms with Crippen LogP contribution in [-0.2, 0) is 0 Å². The fourth-order valence-electron chi connectivity index (χ4n) is 1.56. The van der Waals surface area contributed by atoms with Gasteiger partial charge in [0, 0.05) is 10.6 Å². The summed E-state index contributed by atoms with van der Waals surface area (Å²) >= 11 is 5.93. The van der Waals surface area contributed by atoms with Crippen molar-refractivity contribution in [1.82, 2.24) is 4.98 Å². The number of aromatic nitrogens is 1. The van der Waals surface area contributed by atoms with E-state index in [1.807, 2.05) is 12.1 Å². The molecule has 88 valence electrons. The van der Waals surface area contributed by atoms with Crippen LogP contribution in [0.15, 0.2) is 30.3 Å². The predicted molar refractivity (Wildman–Crippen MR) is 70.1 cm³/mol. The molecule has 2 rings (SSSR count). The molecule has 0 saturated carbocycles. The molecule has 2 aromatic rings. The van der Waals surface area contributed by atoms with Crippen molar-refractivity contribution in [3.63, 3.8) is 0 Å². The highest BCUT2D eigenvalue weighted by Gasteiger charge is 2.10. The summed E-state index contributed by atoms with van der Waals surface area (Å²) in [6.45, 7) is 0. The summed E-state index contributed by atoms with van der Waals surface area (Å²) in [7, 11) is 1.51. The third kappa shape index (κ3) is 2.26. The smallest absolute Gasteiger partial charge is 0.237 e. The third-order valence-corrected chi connectivity index (χ3v) is 2.57. The first-order valence-corrected chi connectivity index (χ1v) is 5.35. The summed E-state index contributed by atoms with van der Waals surface area (Å²) in [5, 5.41) is 0.625. The van der Waals surface area contributed by atoms with E-state index in [0.29, 0.717) is 28.0 Å². The Bertz CT molecular complexity index is 557. The number of nitrogens with zero attached hydrogens (tertiary/aromatic N) is 1. The lowest BCUT2D eigenvalue weighted by molar-refractivity contribution is 0.401. The van der Waals surface area contributed by atoms with Crippen LogP contribution in [0.1, 0.15) is 0 Å². The maximum atomic E-state index is 5.93. The second kappa shape index (κ2) is 4.51. The highest BCUT2D eigenvalue weighted by molar-refractivity contribution is 6.30. The monoisotopic (exact) mass is 249 g/mol. The van der Waals surface area contributed by atoms with Gasteiger partial charge in [-0.05, 0) is 18.2 Å². The first kappa shape index (κ1) is 11.5. The Labute approximate surface area is 104 Å². The van der Waals surface area contributed by atoms with Gasteiger partial charge >= 0.3 is 0 Å². The Balaban J connectivity index is 2.59. The molecule has 0 fully saturated rings. The quantitative estimate of drug-likeness (QED) is 0.858. The van der Waals surface area contributed by atoms with Crippen molar-refractivity contribution >= 4 is 23.0 Å². The largest absolute Gasteiger partial charge is 0.480 e. The summed E-state index contributed by atoms with van der Waals surface area (Å²) in [5.74, 6) is 0.356. The van der Waals surface area contributed by atoms with Crippen LogP contribution in [-0.4, -0.2) is 12.1 Å². The fraction of sp³-hybridized carbons (Fsp3) is 0.0833. The topological polar surface area (TPSA) is 74.2 Å². The second-order valence-electron chi connectivity index (χ2n) is 3.54. The van der Waals surface area contributed by atoms with E-state index in [2.05, 4.69) is 4.98 Å². The molecule has 0 aliphatic heterocycles. The summed E-state index contributed by atoms with van der Waals surface area (Å²) in [6, 6.07) is 8.91. The lowest BCUT2D eigenvalue weighted by Gasteiger charge is -2.09. The third-order valence-electron chi connectivity index (χ3n) is 2.34. The van der Waals surface area contributed by atoms with Gasteiger partial charge < -0.3 is 16.2 Å². The molecule has 0 aliphatic rings. The Morgan fingerprint density at radius 3 is 2.59 bits per heavy atom. The van der Waals surface area contributed by atoms with Gasteiger partial charge in [-0.1, -0.05) is 23.7 Å². The van der Waals surface area contributed by atoms with E-state index in [0.717, 1.165) is 5.56 Å². The van der Waals surface area contributed by atoms with Crippen LogP contribution < -0.4 is 16.2 Å². The molecule has 0 radical (unpaired) electrons. The molecular formula is C12H12ClN3O. The maximum absolute atomic E-state index is 5.93. The molecular weight excluding hydrogens is 238 g/mol. The number of pyridine rings is 1. The van der Waals surface area contributed by atoms with Crippen molar-refractivity contribution in [2.75, 3.05) is 18.6 Å². The number of hydrogen-bond donors (Lipinski definition) is 2. The van der Waals surface area contributed by atoms with Crippen LogP contribution in [0, 0.1) is 0 Å². The van der Waals surface area contributed by atoms with Gasteiger partial charge in [0.2, 0.25) is 5.88 Å². The zero-order chi connectivity index (χ0) is 12.4. The number of rotatable bonds is 2. The van der Waals surface area contributed by atoms with Crippen LogP contribution in [0.3, 0.4) is 0 Å². The molecule has 4 nitrogen and oxygen atoms in total. The Hall–Kier alpha value is -1.94. The first-order chi connectivity index (χ1) is 8.11. The molecule has 17 heavy (non-hydrogen) atoms. The standard InChI is InChI=1S/C12H12ClN3O/c1-17-12-10(15)6-9(14)11(16-12)7-3-2-4-8(13)5-7/h2-6H,14-15H2,1H3. The summed E-state index contributed by atoms with van der Waals surface area (Å²) < 4.78 is 5.07. The van der Waals surface area contributed by atoms with Crippen molar-refractivity contribution in [2.24, 2.45) is 0 Å². The summed E-state index contributed by atoms with van der Waals surface area (Å²) in [5.41, 5.74) is 13.9. The Kier molecular flexibility index (Phi) is 3.06. The lowest BCUT2D eigenvalue weighted by Crippen LogP contribution is -2.01. The van der Waals surface area contributed by atoms with Crippen LogP contribution in [0.25, 0.3) is 11.3 Å². The van der Waals surface area contributed by atoms with E-state index in [1.54, 1.807) is 18.2 Å². The normalized spacial score (nSPS) is 10.2. The van der Waals surface area contributed by atoms with E-state index in [-0.39, 0.29) is 0 Å². The van der Waals surface area contributed by atoms with Crippen LogP contribution in [0.4, 0.5) is 11.4 Å². The molecule has 5 heteroatoms. The van der Waals surface area contributed by atoms with Gasteiger partial charge in [0.25, 0.3) is 0 Å². The summed E-state index contributed by atoms with van der Waals surface area (Å²) in [6.07, 6.45) is 0. The molecule has 4 N–H and O–H groups in total. The fourth-order valence-corrected chi connectivity index (χ4v) is 1.75. The molecule has 1 aromatic carbocycles. The highest BCUT2D eigenvalue weighted by Crippen LogP contribution is 2.31. The van der Waals surface area contributed by atoms with E-state index < -0.39 is 0 Å². The molecule has 0 aliphatic carbocycles. The molecule has 0 spiro atoms. The zero-order valence-electron chi connectivity index (χ0n) is 9.27. The number of nitrogens with two attached hydrogens (primary N) is 2. The molecule has 0 bridgehead atoms. The average molecular weight is 250 g/mol. The van der Waals surface area contributed by atoms with Crippen molar-refractivity contribution in [3.05, 3.63) is 35.4 Å². The SMILES string of the molecule is COc1nc(-c2cccc(Cl)c2)c(N)cc1N. The van der Waals surface area contributed by atoms with Gasteiger partial charge in [0.1, 0.15) is 0 Å². The van der Waals surface area contributed by atoms with E-state index in [4.69, 9.17) is 27.8 Å². The van der Waals surface area contributed by atoms with Crippen molar-refractivity contribution in [2.45, 2.75) is 0 Å². The minimum absolute atomic E-state index is 0.356. The summed E-state index contributed by atoms with van der Waals surface area (Å²) in [4.78, 5) is 4.27. The Morgan fingerprint density at radius 1 is 1.18 bits per heavy atom. The lowest BCUT2D eigenvalue weighted by atomic mass is 10.1. The van der Waals surface area contributed by atoms with Crippen molar-refractivity contribution in [3.8, 4) is 17.1 Å². The van der Waals surface area contributed by atoms with Crippen LogP contribution >= 0.6 is 11.6 Å². The van der Waals surface area contributed by atoms with Gasteiger partial charge in [0.05, 0.1) is 24.2 Å². The van der Waals surface area contributed by atoms with Gasteiger partial charge in [-0.2, -0.15) is 0 Å². The van der Waals surface area contributed by atoms with Crippen molar-refractivity contribution < 1.29 is 4.74 Å². The van der Waals surface area contributed by atoms with Gasteiger partial charge in [-0.15, -0.1) is 0 Å². The second-order valence-corrected chi connectivity index (χ2v) is 3.97. The first-order valence-electron chi connectivity index (χ1n) is 4.97. The van der Waals surface area contributed by atoms with Crippen molar-refractivity contribution in [1.29, 1.82) is 0 Å². The number of anilines is 2. The maximum Gasteiger partial charge on any atom is 0.237 e. The van der Waals surface area contributed by atoms with E-state index in [9.17, 15) is 0 Å². The van der Waals surface area contributed by atoms with Gasteiger partial charge in [-0.25, -0.2) is 4.98 Å². The number of benzene rings is 1. The molecule has 0 amide bonds. The predicted octanol–water partition coefficient (Wildman–Crippen LogP) is 2.57. The number of hydrogen-bond acceptors (Lipinski definition) is 4. The molecule has 0 atom stereocenters. The Morgan fingerprint density at radius 2 is 1.94 bits per heavy atom. The number of halogens is 1. The van der Waals surface area contributed by atoms with Gasteiger partial charge in [-0.3, -0.25) is 0 Å². The zero-order valence-corrected chi connectivity index (χ0v) is 10.0. The molecule has 1 aromatic heterocycles. The minimum Gasteiger partial charge on any atom is -0.480 e. The number of nitrogen functional groups attached to an aromatic ring is 2. The van der Waals surface area contributed by atoms with Crippen LogP contribution in [0.2, 0.25) is 5.02 Å². The van der Waals surface area contributed by atoms with E-state index in [1.165, 1.54) is 7.11 Å².